The lowest BCUT2D eigenvalue weighted by atomic mass is 9.98. The van der Waals surface area contributed by atoms with Gasteiger partial charge in [-0.25, -0.2) is 0 Å². The monoisotopic (exact) mass is 362 g/mol. The number of piperidine rings is 1. The number of benzene rings is 1. The zero-order chi connectivity index (χ0) is 18.2. The Kier molecular flexibility index (Phi) is 7.14. The maximum absolute atomic E-state index is 12.5. The molecule has 1 aromatic rings. The summed E-state index contributed by atoms with van der Waals surface area (Å²) < 4.78 is 16.4. The molecule has 3 rings (SSSR count). The average molecular weight is 362 g/mol. The molecule has 2 aliphatic heterocycles. The van der Waals surface area contributed by atoms with Crippen LogP contribution >= 0.6 is 0 Å². The normalized spacial score (nSPS) is 21.4. The third kappa shape index (κ3) is 5.61. The summed E-state index contributed by atoms with van der Waals surface area (Å²) in [6, 6.07) is 7.65. The first-order chi connectivity index (χ1) is 12.7. The van der Waals surface area contributed by atoms with Crippen LogP contribution in [-0.4, -0.2) is 75.4 Å². The van der Waals surface area contributed by atoms with Gasteiger partial charge in [0.2, 0.25) is 5.91 Å². The topological polar surface area (TPSA) is 51.2 Å². The fourth-order valence-corrected chi connectivity index (χ4v) is 3.55. The minimum atomic E-state index is 0.269. The number of carbonyl (C=O) groups is 1. The van der Waals surface area contributed by atoms with Crippen LogP contribution in [0.4, 0.5) is 0 Å². The molecule has 144 valence electrons. The number of ether oxygens (including phenoxy) is 3. The van der Waals surface area contributed by atoms with Gasteiger partial charge in [0, 0.05) is 45.1 Å². The first kappa shape index (κ1) is 19.0. The Morgan fingerprint density at radius 2 is 1.88 bits per heavy atom. The van der Waals surface area contributed by atoms with Gasteiger partial charge in [0.25, 0.3) is 0 Å². The number of amides is 1. The Balaban J connectivity index is 1.40. The molecule has 6 nitrogen and oxygen atoms in total. The highest BCUT2D eigenvalue weighted by molar-refractivity contribution is 5.76. The maximum Gasteiger partial charge on any atom is 0.223 e. The Morgan fingerprint density at radius 1 is 1.15 bits per heavy atom. The van der Waals surface area contributed by atoms with E-state index in [1.807, 2.05) is 29.2 Å². The number of nitrogens with zero attached hydrogens (tertiary/aromatic N) is 2. The van der Waals surface area contributed by atoms with E-state index in [1.165, 1.54) is 0 Å². The molecular weight excluding hydrogens is 332 g/mol. The number of morpholine rings is 1. The minimum absolute atomic E-state index is 0.269. The second kappa shape index (κ2) is 9.78. The van der Waals surface area contributed by atoms with Crippen LogP contribution in [0.25, 0.3) is 0 Å². The molecule has 0 spiro atoms. The van der Waals surface area contributed by atoms with E-state index < -0.39 is 0 Å². The van der Waals surface area contributed by atoms with E-state index in [2.05, 4.69) is 4.90 Å². The predicted molar refractivity (Wildman–Crippen MR) is 99.7 cm³/mol. The second-order valence-corrected chi connectivity index (χ2v) is 7.04. The third-order valence-corrected chi connectivity index (χ3v) is 5.16. The average Bonchev–Trinajstić information content (AvgIpc) is 2.72. The highest BCUT2D eigenvalue weighted by Gasteiger charge is 2.24. The maximum atomic E-state index is 12.5. The van der Waals surface area contributed by atoms with Crippen molar-refractivity contribution in [2.24, 2.45) is 5.92 Å². The summed E-state index contributed by atoms with van der Waals surface area (Å²) in [7, 11) is 1.66. The van der Waals surface area contributed by atoms with Gasteiger partial charge in [-0.2, -0.15) is 0 Å². The molecule has 0 aliphatic carbocycles. The van der Waals surface area contributed by atoms with Gasteiger partial charge < -0.3 is 19.1 Å². The molecule has 0 aromatic heterocycles. The van der Waals surface area contributed by atoms with Gasteiger partial charge in [0.15, 0.2) is 0 Å². The van der Waals surface area contributed by atoms with Crippen LogP contribution in [-0.2, 0) is 9.53 Å². The molecule has 6 heteroatoms. The summed E-state index contributed by atoms with van der Waals surface area (Å²) in [5.74, 6) is 2.34. The van der Waals surface area contributed by atoms with E-state index >= 15 is 0 Å². The molecule has 0 unspecified atom stereocenters. The Hall–Kier alpha value is -1.79. The zero-order valence-corrected chi connectivity index (χ0v) is 15.7. The van der Waals surface area contributed by atoms with Crippen molar-refractivity contribution in [2.75, 3.05) is 59.7 Å². The lowest BCUT2D eigenvalue weighted by Crippen LogP contribution is -2.44. The predicted octanol–water partition coefficient (Wildman–Crippen LogP) is 2.03. The molecule has 1 aromatic carbocycles. The van der Waals surface area contributed by atoms with Crippen LogP contribution in [0.1, 0.15) is 19.3 Å². The molecule has 0 N–H and O–H groups in total. The summed E-state index contributed by atoms with van der Waals surface area (Å²) >= 11 is 0. The number of hydrogen-bond acceptors (Lipinski definition) is 5. The van der Waals surface area contributed by atoms with Gasteiger partial charge in [-0.3, -0.25) is 9.69 Å². The van der Waals surface area contributed by atoms with E-state index in [-0.39, 0.29) is 5.91 Å². The lowest BCUT2D eigenvalue weighted by molar-refractivity contribution is -0.133. The van der Waals surface area contributed by atoms with E-state index in [1.54, 1.807) is 7.11 Å². The summed E-state index contributed by atoms with van der Waals surface area (Å²) in [5.41, 5.74) is 0. The molecule has 0 radical (unpaired) electrons. The summed E-state index contributed by atoms with van der Waals surface area (Å²) in [6.07, 6.45) is 2.77. The molecule has 2 fully saturated rings. The molecule has 0 bridgehead atoms. The number of hydrogen-bond donors (Lipinski definition) is 0. The molecule has 2 heterocycles. The minimum Gasteiger partial charge on any atom is -0.497 e. The van der Waals surface area contributed by atoms with Crippen LogP contribution in [0.15, 0.2) is 24.3 Å². The van der Waals surface area contributed by atoms with E-state index in [9.17, 15) is 4.79 Å². The van der Waals surface area contributed by atoms with Gasteiger partial charge in [-0.05, 0) is 37.1 Å². The fraction of sp³-hybridized carbons (Fsp3) is 0.650. The SMILES string of the molecule is COc1ccc(OC[C@H]2CCCN(C(=O)CCN3CCOCC3)C2)cc1. The van der Waals surface area contributed by atoms with Crippen molar-refractivity contribution in [1.29, 1.82) is 0 Å². The van der Waals surface area contributed by atoms with E-state index in [0.717, 1.165) is 70.3 Å². The quantitative estimate of drug-likeness (QED) is 0.743. The Bertz CT molecular complexity index is 557. The molecule has 1 amide bonds. The first-order valence-corrected chi connectivity index (χ1v) is 9.59. The van der Waals surface area contributed by atoms with Gasteiger partial charge in [0.1, 0.15) is 11.5 Å². The standard InChI is InChI=1S/C20H30N2O4/c1-24-18-4-6-19(7-5-18)26-16-17-3-2-9-22(15-17)20(23)8-10-21-11-13-25-14-12-21/h4-7,17H,2-3,8-16H2,1H3/t17-/m0/s1. The number of rotatable bonds is 7. The number of methoxy groups -OCH3 is 1. The lowest BCUT2D eigenvalue weighted by Gasteiger charge is -2.33. The van der Waals surface area contributed by atoms with Crippen molar-refractivity contribution >= 4 is 5.91 Å². The van der Waals surface area contributed by atoms with Gasteiger partial charge in [-0.15, -0.1) is 0 Å². The van der Waals surface area contributed by atoms with E-state index in [4.69, 9.17) is 14.2 Å². The summed E-state index contributed by atoms with van der Waals surface area (Å²) in [6.45, 7) is 6.60. The third-order valence-electron chi connectivity index (χ3n) is 5.16. The number of carbonyl (C=O) groups excluding carboxylic acids is 1. The van der Waals surface area contributed by atoms with Crippen molar-refractivity contribution in [3.05, 3.63) is 24.3 Å². The molecule has 26 heavy (non-hydrogen) atoms. The largest absolute Gasteiger partial charge is 0.497 e. The van der Waals surface area contributed by atoms with E-state index in [0.29, 0.717) is 18.9 Å². The Morgan fingerprint density at radius 3 is 2.62 bits per heavy atom. The van der Waals surface area contributed by atoms with Gasteiger partial charge >= 0.3 is 0 Å². The highest BCUT2D eigenvalue weighted by atomic mass is 16.5. The second-order valence-electron chi connectivity index (χ2n) is 7.04. The first-order valence-electron chi connectivity index (χ1n) is 9.59. The van der Waals surface area contributed by atoms with Gasteiger partial charge in [0.05, 0.1) is 26.9 Å². The van der Waals surface area contributed by atoms with Crippen LogP contribution in [0, 0.1) is 5.92 Å². The van der Waals surface area contributed by atoms with Crippen LogP contribution < -0.4 is 9.47 Å². The summed E-state index contributed by atoms with van der Waals surface area (Å²) in [5, 5.41) is 0. The molecular formula is C20H30N2O4. The molecule has 1 atom stereocenters. The van der Waals surface area contributed by atoms with Crippen molar-refractivity contribution in [3.8, 4) is 11.5 Å². The van der Waals surface area contributed by atoms with Crippen molar-refractivity contribution in [2.45, 2.75) is 19.3 Å². The van der Waals surface area contributed by atoms with Crippen molar-refractivity contribution in [1.82, 2.24) is 9.80 Å². The van der Waals surface area contributed by atoms with Crippen molar-refractivity contribution < 1.29 is 19.0 Å². The van der Waals surface area contributed by atoms with Crippen LogP contribution in [0.3, 0.4) is 0 Å². The van der Waals surface area contributed by atoms with Gasteiger partial charge in [-0.1, -0.05) is 0 Å². The molecule has 0 saturated carbocycles. The smallest absolute Gasteiger partial charge is 0.223 e. The molecule has 2 saturated heterocycles. The molecule has 2 aliphatic rings. The number of likely N-dealkylation sites (tertiary alicyclic amines) is 1. The van der Waals surface area contributed by atoms with Crippen molar-refractivity contribution in [3.63, 3.8) is 0 Å². The summed E-state index contributed by atoms with van der Waals surface area (Å²) in [4.78, 5) is 16.9. The van der Waals surface area contributed by atoms with Crippen LogP contribution in [0.5, 0.6) is 11.5 Å². The van der Waals surface area contributed by atoms with Crippen LogP contribution in [0.2, 0.25) is 0 Å². The fourth-order valence-electron chi connectivity index (χ4n) is 3.55. The highest BCUT2D eigenvalue weighted by Crippen LogP contribution is 2.21. The Labute approximate surface area is 156 Å². The zero-order valence-electron chi connectivity index (χ0n) is 15.7.